The minimum absolute atomic E-state index is 0.00632. The molecule has 1 N–H and O–H groups in total. The minimum atomic E-state index is -4.07. The summed E-state index contributed by atoms with van der Waals surface area (Å²) in [5, 5.41) is 2.19. The van der Waals surface area contributed by atoms with Crippen molar-refractivity contribution in [3.8, 4) is 5.75 Å². The van der Waals surface area contributed by atoms with E-state index >= 15 is 0 Å². The van der Waals surface area contributed by atoms with E-state index in [1.165, 1.54) is 36.4 Å². The minimum Gasteiger partial charge on any atom is -0.378 e. The van der Waals surface area contributed by atoms with E-state index in [-0.39, 0.29) is 16.2 Å². The van der Waals surface area contributed by atoms with Crippen molar-refractivity contribution in [3.63, 3.8) is 0 Å². The van der Waals surface area contributed by atoms with Crippen molar-refractivity contribution >= 4 is 55.7 Å². The van der Waals surface area contributed by atoms with Gasteiger partial charge in [0.1, 0.15) is 10.5 Å². The lowest BCUT2D eigenvalue weighted by Crippen LogP contribution is -2.54. The van der Waals surface area contributed by atoms with Gasteiger partial charge in [-0.15, -0.1) is 0 Å². The number of urea groups is 1. The summed E-state index contributed by atoms with van der Waals surface area (Å²) in [6.45, 7) is 5.50. The number of anilines is 1. The largest absolute Gasteiger partial charge is 0.378 e. The van der Waals surface area contributed by atoms with E-state index < -0.39 is 28.0 Å². The van der Waals surface area contributed by atoms with Crippen molar-refractivity contribution in [1.29, 1.82) is 0 Å². The van der Waals surface area contributed by atoms with Crippen molar-refractivity contribution in [3.05, 3.63) is 93.0 Å². The van der Waals surface area contributed by atoms with Crippen molar-refractivity contribution in [2.24, 2.45) is 0 Å². The second-order valence-electron chi connectivity index (χ2n) is 8.29. The third-order valence-electron chi connectivity index (χ3n) is 5.47. The number of carbonyl (C=O) groups is 3. The molecule has 0 aliphatic carbocycles. The van der Waals surface area contributed by atoms with Gasteiger partial charge in [0.2, 0.25) is 0 Å². The van der Waals surface area contributed by atoms with Crippen LogP contribution in [0.4, 0.5) is 10.5 Å². The first-order valence-corrected chi connectivity index (χ1v) is 13.0. The van der Waals surface area contributed by atoms with Gasteiger partial charge < -0.3 is 4.18 Å². The van der Waals surface area contributed by atoms with Crippen molar-refractivity contribution < 1.29 is 27.0 Å². The fourth-order valence-electron chi connectivity index (χ4n) is 3.64. The van der Waals surface area contributed by atoms with Gasteiger partial charge in [-0.25, -0.2) is 9.69 Å². The zero-order chi connectivity index (χ0) is 26.2. The number of barbiturate groups is 1. The number of hydrogen-bond donors (Lipinski definition) is 1. The Hall–Kier alpha value is -3.76. The van der Waals surface area contributed by atoms with Crippen LogP contribution in [0, 0.1) is 20.8 Å². The maximum atomic E-state index is 13.2. The third-order valence-corrected chi connectivity index (χ3v) is 7.34. The average molecular weight is 569 g/mol. The van der Waals surface area contributed by atoms with Gasteiger partial charge in [-0.2, -0.15) is 8.42 Å². The van der Waals surface area contributed by atoms with E-state index in [1.807, 2.05) is 19.9 Å². The van der Waals surface area contributed by atoms with Gasteiger partial charge in [-0.05, 0) is 84.2 Å². The average Bonchev–Trinajstić information content (AvgIpc) is 2.80. The highest BCUT2D eigenvalue weighted by Gasteiger charge is 2.37. The SMILES string of the molecule is Cc1ccc(S(=O)(=O)Oc2ccc(/C=C3\C(=O)NC(=O)N(c4ccc(C)cc4C)C3=O)cc2Br)cc1. The van der Waals surface area contributed by atoms with Crippen LogP contribution in [-0.4, -0.2) is 26.3 Å². The molecule has 184 valence electrons. The first-order chi connectivity index (χ1) is 17.0. The molecule has 0 atom stereocenters. The van der Waals surface area contributed by atoms with Gasteiger partial charge in [0.15, 0.2) is 5.75 Å². The molecule has 8 nitrogen and oxygen atoms in total. The maximum Gasteiger partial charge on any atom is 0.339 e. The van der Waals surface area contributed by atoms with E-state index in [0.29, 0.717) is 21.3 Å². The molecule has 0 radical (unpaired) electrons. The summed E-state index contributed by atoms with van der Waals surface area (Å²) in [6, 6.07) is 15.0. The van der Waals surface area contributed by atoms with Crippen LogP contribution < -0.4 is 14.4 Å². The van der Waals surface area contributed by atoms with Crippen LogP contribution in [0.25, 0.3) is 6.08 Å². The number of rotatable bonds is 5. The third kappa shape index (κ3) is 5.09. The summed E-state index contributed by atoms with van der Waals surface area (Å²) in [6.07, 6.45) is 1.32. The van der Waals surface area contributed by atoms with Crippen LogP contribution in [-0.2, 0) is 19.7 Å². The number of halogens is 1. The van der Waals surface area contributed by atoms with E-state index in [2.05, 4.69) is 21.2 Å². The van der Waals surface area contributed by atoms with E-state index in [1.54, 1.807) is 31.2 Å². The Bertz CT molecular complexity index is 1550. The quantitative estimate of drug-likeness (QED) is 0.269. The predicted octanol–water partition coefficient (Wildman–Crippen LogP) is 4.81. The molecule has 0 unspecified atom stereocenters. The second-order valence-corrected chi connectivity index (χ2v) is 10.7. The van der Waals surface area contributed by atoms with Gasteiger partial charge in [0.25, 0.3) is 11.8 Å². The van der Waals surface area contributed by atoms with Crippen LogP contribution in [0.5, 0.6) is 5.75 Å². The summed E-state index contributed by atoms with van der Waals surface area (Å²) in [4.78, 5) is 39.1. The van der Waals surface area contributed by atoms with Crippen molar-refractivity contribution in [2.75, 3.05) is 4.90 Å². The molecule has 10 heteroatoms. The number of benzene rings is 3. The van der Waals surface area contributed by atoms with Gasteiger partial charge in [0.05, 0.1) is 10.2 Å². The lowest BCUT2D eigenvalue weighted by atomic mass is 10.0. The molecule has 0 saturated carbocycles. The molecule has 1 heterocycles. The highest BCUT2D eigenvalue weighted by molar-refractivity contribution is 9.10. The second kappa shape index (κ2) is 9.71. The molecule has 0 spiro atoms. The normalized spacial score (nSPS) is 15.3. The summed E-state index contributed by atoms with van der Waals surface area (Å²) >= 11 is 3.28. The van der Waals surface area contributed by atoms with Crippen LogP contribution in [0.2, 0.25) is 0 Å². The number of imide groups is 2. The molecule has 36 heavy (non-hydrogen) atoms. The molecule has 3 aromatic carbocycles. The number of nitrogens with one attached hydrogen (secondary N) is 1. The van der Waals surface area contributed by atoms with E-state index in [4.69, 9.17) is 4.18 Å². The number of amides is 4. The standard InChI is InChI=1S/C26H21BrN2O6S/c1-15-4-8-19(9-5-15)36(33,34)35-23-11-7-18(14-21(23)27)13-20-24(30)28-26(32)29(25(20)31)22-10-6-16(2)12-17(22)3/h4-14H,1-3H3,(H,28,30,32)/b20-13+. The Morgan fingerprint density at radius 2 is 1.56 bits per heavy atom. The fraction of sp³-hybridized carbons (Fsp3) is 0.115. The smallest absolute Gasteiger partial charge is 0.339 e. The maximum absolute atomic E-state index is 13.2. The van der Waals surface area contributed by atoms with Gasteiger partial charge >= 0.3 is 16.1 Å². The summed E-state index contributed by atoms with van der Waals surface area (Å²) in [5.41, 5.74) is 3.10. The predicted molar refractivity (Wildman–Crippen MR) is 138 cm³/mol. The molecule has 1 fully saturated rings. The zero-order valence-corrected chi connectivity index (χ0v) is 21.9. The molecule has 3 aromatic rings. The van der Waals surface area contributed by atoms with Gasteiger partial charge in [-0.3, -0.25) is 14.9 Å². The molecular formula is C26H21BrN2O6S. The molecule has 0 bridgehead atoms. The Morgan fingerprint density at radius 1 is 0.889 bits per heavy atom. The summed E-state index contributed by atoms with van der Waals surface area (Å²) in [7, 11) is -4.07. The first-order valence-electron chi connectivity index (χ1n) is 10.8. The van der Waals surface area contributed by atoms with Crippen LogP contribution in [0.3, 0.4) is 0 Å². The van der Waals surface area contributed by atoms with Crippen molar-refractivity contribution in [2.45, 2.75) is 25.7 Å². The summed E-state index contributed by atoms with van der Waals surface area (Å²) < 4.78 is 30.8. The Morgan fingerprint density at radius 3 is 2.19 bits per heavy atom. The molecule has 0 aromatic heterocycles. The Labute approximate surface area is 216 Å². The van der Waals surface area contributed by atoms with Gasteiger partial charge in [0, 0.05) is 0 Å². The molecule has 4 rings (SSSR count). The Kier molecular flexibility index (Phi) is 6.83. The zero-order valence-electron chi connectivity index (χ0n) is 19.5. The lowest BCUT2D eigenvalue weighted by molar-refractivity contribution is -0.122. The number of carbonyl (C=O) groups excluding carboxylic acids is 3. The van der Waals surface area contributed by atoms with Crippen LogP contribution in [0.15, 0.2) is 75.6 Å². The first kappa shape index (κ1) is 25.3. The molecule has 1 aliphatic heterocycles. The fourth-order valence-corrected chi connectivity index (χ4v) is 5.18. The number of aryl methyl sites for hydroxylation is 3. The van der Waals surface area contributed by atoms with E-state index in [9.17, 15) is 22.8 Å². The lowest BCUT2D eigenvalue weighted by Gasteiger charge is -2.27. The highest BCUT2D eigenvalue weighted by Crippen LogP contribution is 2.31. The van der Waals surface area contributed by atoms with Crippen LogP contribution in [0.1, 0.15) is 22.3 Å². The highest BCUT2D eigenvalue weighted by atomic mass is 79.9. The monoisotopic (exact) mass is 568 g/mol. The molecular weight excluding hydrogens is 548 g/mol. The topological polar surface area (TPSA) is 110 Å². The van der Waals surface area contributed by atoms with E-state index in [0.717, 1.165) is 16.0 Å². The summed E-state index contributed by atoms with van der Waals surface area (Å²) in [5.74, 6) is -1.57. The van der Waals surface area contributed by atoms with Crippen molar-refractivity contribution in [1.82, 2.24) is 5.32 Å². The molecule has 1 saturated heterocycles. The Balaban J connectivity index is 1.63. The number of hydrogen-bond acceptors (Lipinski definition) is 6. The van der Waals surface area contributed by atoms with Crippen LogP contribution >= 0.6 is 15.9 Å². The molecule has 4 amide bonds. The van der Waals surface area contributed by atoms with Gasteiger partial charge in [-0.1, -0.05) is 41.5 Å². The number of nitrogens with zero attached hydrogens (tertiary/aromatic N) is 1. The molecule has 1 aliphatic rings.